The van der Waals surface area contributed by atoms with E-state index in [1.54, 1.807) is 6.39 Å². The van der Waals surface area contributed by atoms with Crippen molar-refractivity contribution in [2.75, 3.05) is 0 Å². The Morgan fingerprint density at radius 3 is 2.20 bits per heavy atom. The van der Waals surface area contributed by atoms with E-state index >= 15 is 0 Å². The SMILES string of the molecule is CC(C)c1ccc(C(C)C)c2ocnc12. The van der Waals surface area contributed by atoms with Gasteiger partial charge in [-0.05, 0) is 23.0 Å². The number of aromatic nitrogens is 1. The van der Waals surface area contributed by atoms with Crippen molar-refractivity contribution < 1.29 is 4.42 Å². The van der Waals surface area contributed by atoms with Crippen molar-refractivity contribution in [1.29, 1.82) is 0 Å². The van der Waals surface area contributed by atoms with Gasteiger partial charge in [0.05, 0.1) is 0 Å². The Labute approximate surface area is 90.3 Å². The van der Waals surface area contributed by atoms with Gasteiger partial charge in [0.25, 0.3) is 0 Å². The van der Waals surface area contributed by atoms with Gasteiger partial charge < -0.3 is 4.42 Å². The second-order valence-electron chi connectivity index (χ2n) is 4.58. The molecule has 0 aliphatic rings. The number of nitrogens with zero attached hydrogens (tertiary/aromatic N) is 1. The third kappa shape index (κ3) is 1.65. The van der Waals surface area contributed by atoms with Crippen LogP contribution in [0.2, 0.25) is 0 Å². The third-order valence-electron chi connectivity index (χ3n) is 2.79. The van der Waals surface area contributed by atoms with Gasteiger partial charge in [-0.25, -0.2) is 4.98 Å². The van der Waals surface area contributed by atoms with Crippen LogP contribution in [0, 0.1) is 0 Å². The molecule has 0 amide bonds. The monoisotopic (exact) mass is 203 g/mol. The van der Waals surface area contributed by atoms with Crippen molar-refractivity contribution in [2.45, 2.75) is 39.5 Å². The van der Waals surface area contributed by atoms with E-state index in [9.17, 15) is 0 Å². The Hall–Kier alpha value is -1.31. The van der Waals surface area contributed by atoms with Crippen LogP contribution in [0.3, 0.4) is 0 Å². The molecule has 2 nitrogen and oxygen atoms in total. The molecule has 0 N–H and O–H groups in total. The highest BCUT2D eigenvalue weighted by Crippen LogP contribution is 2.30. The Balaban J connectivity index is 2.71. The number of hydrogen-bond acceptors (Lipinski definition) is 2. The van der Waals surface area contributed by atoms with Crippen LogP contribution in [-0.2, 0) is 0 Å². The first kappa shape index (κ1) is 10.2. The fourth-order valence-corrected chi connectivity index (χ4v) is 1.91. The van der Waals surface area contributed by atoms with E-state index in [4.69, 9.17) is 4.42 Å². The van der Waals surface area contributed by atoms with E-state index in [1.165, 1.54) is 11.1 Å². The van der Waals surface area contributed by atoms with Crippen molar-refractivity contribution in [3.63, 3.8) is 0 Å². The zero-order chi connectivity index (χ0) is 11.0. The van der Waals surface area contributed by atoms with E-state index in [1.807, 2.05) is 0 Å². The molecular formula is C13H17NO. The summed E-state index contributed by atoms with van der Waals surface area (Å²) in [5, 5.41) is 0. The summed E-state index contributed by atoms with van der Waals surface area (Å²) >= 11 is 0. The highest BCUT2D eigenvalue weighted by molar-refractivity contribution is 5.80. The van der Waals surface area contributed by atoms with Gasteiger partial charge in [0.2, 0.25) is 0 Å². The molecule has 0 aliphatic heterocycles. The minimum absolute atomic E-state index is 0.474. The largest absolute Gasteiger partial charge is 0.443 e. The van der Waals surface area contributed by atoms with E-state index in [0.29, 0.717) is 11.8 Å². The molecule has 1 heterocycles. The smallest absolute Gasteiger partial charge is 0.182 e. The van der Waals surface area contributed by atoms with Crippen LogP contribution in [0.5, 0.6) is 0 Å². The first-order valence-corrected chi connectivity index (χ1v) is 5.47. The molecule has 2 aromatic rings. The highest BCUT2D eigenvalue weighted by Gasteiger charge is 2.14. The molecule has 0 atom stereocenters. The Morgan fingerprint density at radius 2 is 1.60 bits per heavy atom. The van der Waals surface area contributed by atoms with Gasteiger partial charge in [-0.1, -0.05) is 39.8 Å². The summed E-state index contributed by atoms with van der Waals surface area (Å²) in [7, 11) is 0. The molecule has 1 aromatic carbocycles. The van der Waals surface area contributed by atoms with E-state index < -0.39 is 0 Å². The summed E-state index contributed by atoms with van der Waals surface area (Å²) in [5.41, 5.74) is 4.49. The Kier molecular flexibility index (Phi) is 2.51. The van der Waals surface area contributed by atoms with Crippen molar-refractivity contribution >= 4 is 11.1 Å². The molecule has 0 saturated carbocycles. The lowest BCUT2D eigenvalue weighted by atomic mass is 9.95. The number of rotatable bonds is 2. The van der Waals surface area contributed by atoms with Crippen LogP contribution in [0.15, 0.2) is 22.9 Å². The van der Waals surface area contributed by atoms with Crippen molar-refractivity contribution in [1.82, 2.24) is 4.98 Å². The summed E-state index contributed by atoms with van der Waals surface area (Å²) in [6.07, 6.45) is 1.54. The average molecular weight is 203 g/mol. The number of oxazole rings is 1. The molecule has 0 saturated heterocycles. The van der Waals surface area contributed by atoms with Gasteiger partial charge in [0.15, 0.2) is 12.0 Å². The molecule has 80 valence electrons. The maximum atomic E-state index is 5.49. The van der Waals surface area contributed by atoms with Gasteiger partial charge in [0, 0.05) is 0 Å². The fraction of sp³-hybridized carbons (Fsp3) is 0.462. The van der Waals surface area contributed by atoms with Crippen LogP contribution >= 0.6 is 0 Å². The van der Waals surface area contributed by atoms with Gasteiger partial charge >= 0.3 is 0 Å². The molecule has 1 aromatic heterocycles. The number of benzene rings is 1. The predicted molar refractivity (Wildman–Crippen MR) is 62.2 cm³/mol. The van der Waals surface area contributed by atoms with Crippen LogP contribution in [0.4, 0.5) is 0 Å². The van der Waals surface area contributed by atoms with Crippen molar-refractivity contribution in [2.24, 2.45) is 0 Å². The molecule has 2 rings (SSSR count). The van der Waals surface area contributed by atoms with E-state index in [0.717, 1.165) is 11.1 Å². The lowest BCUT2D eigenvalue weighted by molar-refractivity contribution is 0.594. The van der Waals surface area contributed by atoms with Gasteiger partial charge in [-0.3, -0.25) is 0 Å². The standard InChI is InChI=1S/C13H17NO/c1-8(2)10-5-6-11(9(3)4)13-12(10)14-7-15-13/h5-9H,1-4H3. The topological polar surface area (TPSA) is 26.0 Å². The lowest BCUT2D eigenvalue weighted by Crippen LogP contribution is -1.94. The van der Waals surface area contributed by atoms with Gasteiger partial charge in [-0.2, -0.15) is 0 Å². The van der Waals surface area contributed by atoms with Gasteiger partial charge in [0.1, 0.15) is 5.52 Å². The summed E-state index contributed by atoms with van der Waals surface area (Å²) in [4.78, 5) is 4.32. The summed E-state index contributed by atoms with van der Waals surface area (Å²) < 4.78 is 5.49. The third-order valence-corrected chi connectivity index (χ3v) is 2.79. The fourth-order valence-electron chi connectivity index (χ4n) is 1.91. The first-order chi connectivity index (χ1) is 7.11. The molecule has 2 heteroatoms. The zero-order valence-electron chi connectivity index (χ0n) is 9.74. The Morgan fingerprint density at radius 1 is 1.00 bits per heavy atom. The summed E-state index contributed by atoms with van der Waals surface area (Å²) in [6.45, 7) is 8.70. The maximum absolute atomic E-state index is 5.49. The van der Waals surface area contributed by atoms with E-state index in [2.05, 4.69) is 44.8 Å². The molecule has 0 spiro atoms. The lowest BCUT2D eigenvalue weighted by Gasteiger charge is -2.10. The predicted octanol–water partition coefficient (Wildman–Crippen LogP) is 4.07. The normalized spacial score (nSPS) is 11.9. The number of fused-ring (bicyclic) bond motifs is 1. The average Bonchev–Trinajstić information content (AvgIpc) is 2.63. The second kappa shape index (κ2) is 3.69. The molecular weight excluding hydrogens is 186 g/mol. The van der Waals surface area contributed by atoms with Crippen molar-refractivity contribution in [3.05, 3.63) is 29.7 Å². The van der Waals surface area contributed by atoms with Crippen LogP contribution < -0.4 is 0 Å². The minimum Gasteiger partial charge on any atom is -0.443 e. The molecule has 0 unspecified atom stereocenters. The molecule has 0 fully saturated rings. The Bertz CT molecular complexity index is 426. The maximum Gasteiger partial charge on any atom is 0.182 e. The van der Waals surface area contributed by atoms with Crippen molar-refractivity contribution in [3.8, 4) is 0 Å². The van der Waals surface area contributed by atoms with Gasteiger partial charge in [-0.15, -0.1) is 0 Å². The summed E-state index contributed by atoms with van der Waals surface area (Å²) in [6, 6.07) is 4.33. The summed E-state index contributed by atoms with van der Waals surface area (Å²) in [5.74, 6) is 0.959. The number of hydrogen-bond donors (Lipinski definition) is 0. The molecule has 15 heavy (non-hydrogen) atoms. The van der Waals surface area contributed by atoms with Crippen LogP contribution in [0.1, 0.15) is 50.7 Å². The van der Waals surface area contributed by atoms with Crippen LogP contribution in [-0.4, -0.2) is 4.98 Å². The van der Waals surface area contributed by atoms with Crippen LogP contribution in [0.25, 0.3) is 11.1 Å². The zero-order valence-corrected chi connectivity index (χ0v) is 9.74. The molecule has 0 radical (unpaired) electrons. The highest BCUT2D eigenvalue weighted by atomic mass is 16.3. The van der Waals surface area contributed by atoms with E-state index in [-0.39, 0.29) is 0 Å². The second-order valence-corrected chi connectivity index (χ2v) is 4.58. The molecule has 0 aliphatic carbocycles. The minimum atomic E-state index is 0.474. The molecule has 0 bridgehead atoms. The quantitative estimate of drug-likeness (QED) is 0.735. The first-order valence-electron chi connectivity index (χ1n) is 5.47.